The third-order valence-electron chi connectivity index (χ3n) is 3.22. The van der Waals surface area contributed by atoms with Crippen LogP contribution in [-0.4, -0.2) is 42.3 Å². The number of carboxylic acid groups (broad SMARTS) is 1. The smallest absolute Gasteiger partial charge is 0.433 e. The minimum absolute atomic E-state index is 0.0900. The number of aliphatic carboxylic acids is 1. The third kappa shape index (κ3) is 2.86. The van der Waals surface area contributed by atoms with Gasteiger partial charge < -0.3 is 14.8 Å². The number of nitrogens with zero attached hydrogens (tertiary/aromatic N) is 5. The molecule has 0 spiro atoms. The summed E-state index contributed by atoms with van der Waals surface area (Å²) in [5.74, 6) is -0.716. The van der Waals surface area contributed by atoms with Crippen LogP contribution in [0.4, 0.5) is 11.7 Å². The maximum Gasteiger partial charge on any atom is 0.433 e. The van der Waals surface area contributed by atoms with Gasteiger partial charge in [-0.3, -0.25) is 19.6 Å². The van der Waals surface area contributed by atoms with E-state index in [4.69, 9.17) is 9.52 Å². The predicted octanol–water partition coefficient (Wildman–Crippen LogP) is 1.42. The van der Waals surface area contributed by atoms with Crippen molar-refractivity contribution in [3.05, 3.63) is 28.4 Å². The maximum absolute atomic E-state index is 10.7. The second-order valence-electron chi connectivity index (χ2n) is 4.87. The summed E-state index contributed by atoms with van der Waals surface area (Å²) in [5, 5.41) is 27.1. The zero-order valence-electron chi connectivity index (χ0n) is 12.5. The lowest BCUT2D eigenvalue weighted by Crippen LogP contribution is -2.09. The molecule has 3 aromatic rings. The summed E-state index contributed by atoms with van der Waals surface area (Å²) in [6, 6.07) is 2.61. The van der Waals surface area contributed by atoms with Gasteiger partial charge in [0.05, 0.1) is 24.1 Å². The van der Waals surface area contributed by atoms with Crippen LogP contribution >= 0.6 is 0 Å². The van der Waals surface area contributed by atoms with E-state index in [0.29, 0.717) is 16.9 Å². The molecule has 11 nitrogen and oxygen atoms in total. The van der Waals surface area contributed by atoms with Crippen molar-refractivity contribution in [3.63, 3.8) is 0 Å². The Morgan fingerprint density at radius 3 is 2.92 bits per heavy atom. The van der Waals surface area contributed by atoms with Gasteiger partial charge >= 0.3 is 11.9 Å². The van der Waals surface area contributed by atoms with Crippen molar-refractivity contribution in [1.29, 1.82) is 0 Å². The minimum Gasteiger partial charge on any atom is -0.481 e. The molecule has 3 aromatic heterocycles. The van der Waals surface area contributed by atoms with Gasteiger partial charge in [-0.15, -0.1) is 0 Å². The number of carboxylic acids is 1. The monoisotopic (exact) mass is 332 g/mol. The van der Waals surface area contributed by atoms with Crippen molar-refractivity contribution < 1.29 is 19.2 Å². The van der Waals surface area contributed by atoms with Crippen LogP contribution in [0, 0.1) is 10.1 Å². The second kappa shape index (κ2) is 5.95. The highest BCUT2D eigenvalue weighted by molar-refractivity contribution is 5.88. The normalized spacial score (nSPS) is 10.9. The molecule has 11 heteroatoms. The van der Waals surface area contributed by atoms with Gasteiger partial charge in [0.15, 0.2) is 17.2 Å². The van der Waals surface area contributed by atoms with E-state index in [9.17, 15) is 14.9 Å². The van der Waals surface area contributed by atoms with E-state index < -0.39 is 16.8 Å². The fraction of sp³-hybridized carbons (Fsp3) is 0.231. The van der Waals surface area contributed by atoms with Gasteiger partial charge in [0.1, 0.15) is 10.7 Å². The maximum atomic E-state index is 10.7. The number of fused-ring (bicyclic) bond motifs is 1. The van der Waals surface area contributed by atoms with Crippen molar-refractivity contribution in [2.75, 3.05) is 11.9 Å². The first kappa shape index (κ1) is 15.4. The molecule has 0 aromatic carbocycles. The van der Waals surface area contributed by atoms with Crippen molar-refractivity contribution in [3.8, 4) is 11.6 Å². The summed E-state index contributed by atoms with van der Waals surface area (Å²) in [5.41, 5.74) is 0.483. The number of furan rings is 1. The van der Waals surface area contributed by atoms with Crippen LogP contribution in [0.2, 0.25) is 0 Å². The molecule has 0 bridgehead atoms. The average Bonchev–Trinajstić information content (AvgIpc) is 3.14. The van der Waals surface area contributed by atoms with Gasteiger partial charge in [-0.25, -0.2) is 9.97 Å². The third-order valence-corrected chi connectivity index (χ3v) is 3.22. The highest BCUT2D eigenvalue weighted by atomic mass is 16.6. The van der Waals surface area contributed by atoms with E-state index in [-0.39, 0.29) is 24.6 Å². The lowest BCUT2D eigenvalue weighted by molar-refractivity contribution is -0.401. The van der Waals surface area contributed by atoms with Crippen molar-refractivity contribution in [2.24, 2.45) is 7.05 Å². The molecule has 3 heterocycles. The number of hydrogen-bond donors (Lipinski definition) is 2. The Hall–Kier alpha value is -3.50. The Bertz CT molecular complexity index is 930. The number of hydrogen-bond acceptors (Lipinski definition) is 8. The molecule has 0 atom stereocenters. The van der Waals surface area contributed by atoms with Gasteiger partial charge in [-0.2, -0.15) is 5.10 Å². The Morgan fingerprint density at radius 1 is 1.46 bits per heavy atom. The van der Waals surface area contributed by atoms with E-state index in [0.717, 1.165) is 0 Å². The van der Waals surface area contributed by atoms with E-state index in [2.05, 4.69) is 20.4 Å². The fourth-order valence-electron chi connectivity index (χ4n) is 2.10. The molecule has 0 saturated carbocycles. The molecule has 2 N–H and O–H groups in total. The SMILES string of the molecule is Cn1ncc2c(NCCC(=O)O)nc(-c3ccc([N+](=O)[O-])o3)nc21. The summed E-state index contributed by atoms with van der Waals surface area (Å²) in [6.07, 6.45) is 1.46. The molecule has 3 rings (SSSR count). The summed E-state index contributed by atoms with van der Waals surface area (Å²) >= 11 is 0. The van der Waals surface area contributed by atoms with Crippen LogP contribution in [0.25, 0.3) is 22.6 Å². The van der Waals surface area contributed by atoms with Crippen LogP contribution < -0.4 is 5.32 Å². The standard InChI is InChI=1S/C13H12N6O5/c1-18-13-7(6-15-18)11(14-5-4-10(20)21)16-12(17-13)8-2-3-9(24-8)19(22)23/h2-3,6H,4-5H2,1H3,(H,20,21)(H,14,16,17). The highest BCUT2D eigenvalue weighted by Gasteiger charge is 2.18. The fourth-order valence-corrected chi connectivity index (χ4v) is 2.10. The first-order valence-electron chi connectivity index (χ1n) is 6.85. The van der Waals surface area contributed by atoms with Crippen LogP contribution in [0.15, 0.2) is 22.7 Å². The van der Waals surface area contributed by atoms with Gasteiger partial charge in [0.2, 0.25) is 0 Å². The highest BCUT2D eigenvalue weighted by Crippen LogP contribution is 2.27. The molecular formula is C13H12N6O5. The first-order chi connectivity index (χ1) is 11.5. The summed E-state index contributed by atoms with van der Waals surface area (Å²) in [7, 11) is 1.69. The molecule has 0 aliphatic heterocycles. The van der Waals surface area contributed by atoms with E-state index >= 15 is 0 Å². The minimum atomic E-state index is -0.944. The number of anilines is 1. The first-order valence-corrected chi connectivity index (χ1v) is 6.85. The number of carbonyl (C=O) groups is 1. The second-order valence-corrected chi connectivity index (χ2v) is 4.87. The molecule has 0 fully saturated rings. The lowest BCUT2D eigenvalue weighted by Gasteiger charge is -2.07. The molecule has 0 aliphatic carbocycles. The van der Waals surface area contributed by atoms with Crippen LogP contribution in [0.1, 0.15) is 6.42 Å². The van der Waals surface area contributed by atoms with Gasteiger partial charge in [-0.1, -0.05) is 0 Å². The Morgan fingerprint density at radius 2 is 2.25 bits per heavy atom. The molecular weight excluding hydrogens is 320 g/mol. The summed E-state index contributed by atoms with van der Waals surface area (Å²) in [6.45, 7) is 0.161. The average molecular weight is 332 g/mol. The van der Waals surface area contributed by atoms with Gasteiger partial charge in [0.25, 0.3) is 0 Å². The quantitative estimate of drug-likeness (QED) is 0.504. The van der Waals surface area contributed by atoms with Crippen molar-refractivity contribution >= 4 is 28.7 Å². The molecule has 0 saturated heterocycles. The molecule has 0 aliphatic rings. The lowest BCUT2D eigenvalue weighted by atomic mass is 10.3. The van der Waals surface area contributed by atoms with Crippen LogP contribution in [0.3, 0.4) is 0 Å². The number of aryl methyl sites for hydroxylation is 1. The number of nitro groups is 1. The van der Waals surface area contributed by atoms with Crippen molar-refractivity contribution in [2.45, 2.75) is 6.42 Å². The topological polar surface area (TPSA) is 149 Å². The number of nitrogens with one attached hydrogen (secondary N) is 1. The van der Waals surface area contributed by atoms with Crippen LogP contribution in [-0.2, 0) is 11.8 Å². The Balaban J connectivity index is 2.02. The summed E-state index contributed by atoms with van der Waals surface area (Å²) < 4.78 is 6.63. The predicted molar refractivity (Wildman–Crippen MR) is 81.4 cm³/mol. The Kier molecular flexibility index (Phi) is 3.82. The molecule has 24 heavy (non-hydrogen) atoms. The van der Waals surface area contributed by atoms with Crippen molar-refractivity contribution in [1.82, 2.24) is 19.7 Å². The van der Waals surface area contributed by atoms with E-state index in [1.807, 2.05) is 0 Å². The number of aromatic nitrogens is 4. The van der Waals surface area contributed by atoms with Crippen LogP contribution in [0.5, 0.6) is 0 Å². The molecule has 124 valence electrons. The zero-order chi connectivity index (χ0) is 17.3. The molecule has 0 radical (unpaired) electrons. The Labute approximate surface area is 134 Å². The largest absolute Gasteiger partial charge is 0.481 e. The molecule has 0 unspecified atom stereocenters. The zero-order valence-corrected chi connectivity index (χ0v) is 12.5. The van der Waals surface area contributed by atoms with Gasteiger partial charge in [-0.05, 0) is 6.07 Å². The van der Waals surface area contributed by atoms with Gasteiger partial charge in [0, 0.05) is 13.6 Å². The molecule has 0 amide bonds. The number of rotatable bonds is 6. The van der Waals surface area contributed by atoms with E-state index in [1.165, 1.54) is 16.8 Å². The van der Waals surface area contributed by atoms with E-state index in [1.54, 1.807) is 13.2 Å². The summed E-state index contributed by atoms with van der Waals surface area (Å²) in [4.78, 5) is 29.3.